The molecular weight excluding hydrogens is 146 g/mol. The van der Waals surface area contributed by atoms with Crippen LogP contribution in [0.5, 0.6) is 0 Å². The van der Waals surface area contributed by atoms with E-state index in [0.717, 1.165) is 6.42 Å². The first-order valence-corrected chi connectivity index (χ1v) is 3.54. The summed E-state index contributed by atoms with van der Waals surface area (Å²) < 4.78 is 4.28. The Labute approximate surface area is 65.9 Å². The number of carbonyl (C=O) groups is 2. The van der Waals surface area contributed by atoms with E-state index in [1.165, 1.54) is 7.11 Å². The van der Waals surface area contributed by atoms with Gasteiger partial charge in [0.25, 0.3) is 0 Å². The molecule has 0 atom stereocenters. The Hall–Kier alpha value is -1.06. The maximum absolute atomic E-state index is 10.8. The minimum absolute atomic E-state index is 0.0258. The number of Topliss-reactive ketones (excluding diaryl/α,β-unsaturated/α-hetero) is 1. The van der Waals surface area contributed by atoms with Crippen LogP contribution in [0.1, 0.15) is 19.8 Å². The zero-order chi connectivity index (χ0) is 8.69. The summed E-state index contributed by atoms with van der Waals surface area (Å²) >= 11 is 0. The molecule has 0 fully saturated rings. The van der Waals surface area contributed by atoms with Crippen LogP contribution in [0.3, 0.4) is 0 Å². The van der Waals surface area contributed by atoms with Gasteiger partial charge >= 0.3 is 6.09 Å². The van der Waals surface area contributed by atoms with E-state index in [1.807, 2.05) is 6.92 Å². The molecule has 0 aromatic carbocycles. The van der Waals surface area contributed by atoms with Crippen LogP contribution in [0.25, 0.3) is 0 Å². The zero-order valence-corrected chi connectivity index (χ0v) is 6.85. The van der Waals surface area contributed by atoms with Crippen LogP contribution in [0.15, 0.2) is 0 Å². The Morgan fingerprint density at radius 1 is 1.45 bits per heavy atom. The van der Waals surface area contributed by atoms with E-state index in [1.54, 1.807) is 0 Å². The van der Waals surface area contributed by atoms with E-state index in [0.29, 0.717) is 6.42 Å². The fourth-order valence-corrected chi connectivity index (χ4v) is 0.610. The summed E-state index contributed by atoms with van der Waals surface area (Å²) in [6.45, 7) is 1.98. The van der Waals surface area contributed by atoms with E-state index >= 15 is 0 Å². The van der Waals surface area contributed by atoms with Crippen LogP contribution in [0, 0.1) is 0 Å². The lowest BCUT2D eigenvalue weighted by molar-refractivity contribution is -0.118. The smallest absolute Gasteiger partial charge is 0.407 e. The third-order valence-electron chi connectivity index (χ3n) is 1.14. The van der Waals surface area contributed by atoms with Crippen molar-refractivity contribution in [2.75, 3.05) is 13.7 Å². The van der Waals surface area contributed by atoms with Gasteiger partial charge in [0.2, 0.25) is 0 Å². The second-order valence-corrected chi connectivity index (χ2v) is 2.13. The maximum Gasteiger partial charge on any atom is 0.407 e. The Morgan fingerprint density at radius 3 is 2.55 bits per heavy atom. The lowest BCUT2D eigenvalue weighted by atomic mass is 10.2. The molecule has 4 nitrogen and oxygen atoms in total. The number of nitrogens with one attached hydrogen (secondary N) is 1. The molecule has 0 aromatic heterocycles. The highest BCUT2D eigenvalue weighted by Crippen LogP contribution is 1.86. The summed E-state index contributed by atoms with van der Waals surface area (Å²) in [5, 5.41) is 2.31. The van der Waals surface area contributed by atoms with E-state index in [4.69, 9.17) is 0 Å². The first-order chi connectivity index (χ1) is 5.20. The van der Waals surface area contributed by atoms with Gasteiger partial charge in [0.1, 0.15) is 0 Å². The first kappa shape index (κ1) is 9.94. The third kappa shape index (κ3) is 5.39. The molecule has 0 aliphatic heterocycles. The van der Waals surface area contributed by atoms with Gasteiger partial charge in [-0.3, -0.25) is 4.79 Å². The number of hydrogen-bond acceptors (Lipinski definition) is 3. The van der Waals surface area contributed by atoms with Gasteiger partial charge in [-0.1, -0.05) is 6.92 Å². The number of methoxy groups -OCH3 is 1. The average molecular weight is 159 g/mol. The van der Waals surface area contributed by atoms with Gasteiger partial charge in [-0.05, 0) is 6.42 Å². The molecule has 0 saturated heterocycles. The SMILES string of the molecule is CCCC(=O)CNC(=O)OC. The molecule has 1 amide bonds. The van der Waals surface area contributed by atoms with Crippen molar-refractivity contribution >= 4 is 11.9 Å². The van der Waals surface area contributed by atoms with Crippen molar-refractivity contribution < 1.29 is 14.3 Å². The molecule has 0 unspecified atom stereocenters. The number of ether oxygens (including phenoxy) is 1. The normalized spacial score (nSPS) is 8.91. The largest absolute Gasteiger partial charge is 0.453 e. The van der Waals surface area contributed by atoms with E-state index in [9.17, 15) is 9.59 Å². The summed E-state index contributed by atoms with van der Waals surface area (Å²) in [7, 11) is 1.26. The number of amides is 1. The van der Waals surface area contributed by atoms with E-state index < -0.39 is 6.09 Å². The molecule has 11 heavy (non-hydrogen) atoms. The van der Waals surface area contributed by atoms with Crippen molar-refractivity contribution in [3.8, 4) is 0 Å². The van der Waals surface area contributed by atoms with Gasteiger partial charge < -0.3 is 10.1 Å². The summed E-state index contributed by atoms with van der Waals surface area (Å²) in [6.07, 6.45) is 0.750. The van der Waals surface area contributed by atoms with Crippen LogP contribution in [-0.4, -0.2) is 25.5 Å². The summed E-state index contributed by atoms with van der Waals surface area (Å²) in [5.41, 5.74) is 0. The highest BCUT2D eigenvalue weighted by Gasteiger charge is 2.02. The Morgan fingerprint density at radius 2 is 2.09 bits per heavy atom. The highest BCUT2D eigenvalue weighted by molar-refractivity contribution is 5.83. The summed E-state index contributed by atoms with van der Waals surface area (Å²) in [5.74, 6) is 0.0258. The fourth-order valence-electron chi connectivity index (χ4n) is 0.610. The number of carbonyl (C=O) groups excluding carboxylic acids is 2. The van der Waals surface area contributed by atoms with Crippen LogP contribution in [-0.2, 0) is 9.53 Å². The molecule has 0 radical (unpaired) electrons. The molecule has 0 spiro atoms. The maximum atomic E-state index is 10.8. The minimum atomic E-state index is -0.561. The zero-order valence-electron chi connectivity index (χ0n) is 6.85. The van der Waals surface area contributed by atoms with Crippen LogP contribution in [0.4, 0.5) is 4.79 Å². The fraction of sp³-hybridized carbons (Fsp3) is 0.714. The molecule has 0 aromatic rings. The van der Waals surface area contributed by atoms with Gasteiger partial charge in [-0.25, -0.2) is 4.79 Å². The van der Waals surface area contributed by atoms with Gasteiger partial charge in [-0.15, -0.1) is 0 Å². The first-order valence-electron chi connectivity index (χ1n) is 3.54. The standard InChI is InChI=1S/C7H13NO3/c1-3-4-6(9)5-8-7(10)11-2/h3-5H2,1-2H3,(H,8,10). The number of ketones is 1. The van der Waals surface area contributed by atoms with Crippen LogP contribution < -0.4 is 5.32 Å². The lowest BCUT2D eigenvalue weighted by Crippen LogP contribution is -2.28. The van der Waals surface area contributed by atoms with Crippen molar-refractivity contribution in [1.29, 1.82) is 0 Å². The monoisotopic (exact) mass is 159 g/mol. The van der Waals surface area contributed by atoms with Crippen molar-refractivity contribution in [3.63, 3.8) is 0 Å². The average Bonchev–Trinajstić information content (AvgIpc) is 2.01. The molecule has 0 bridgehead atoms. The molecule has 0 aliphatic carbocycles. The van der Waals surface area contributed by atoms with Crippen molar-refractivity contribution in [3.05, 3.63) is 0 Å². The second-order valence-electron chi connectivity index (χ2n) is 2.13. The molecule has 64 valence electrons. The Bertz CT molecular complexity index is 145. The topological polar surface area (TPSA) is 55.4 Å². The molecule has 0 rings (SSSR count). The van der Waals surface area contributed by atoms with Gasteiger partial charge in [0.05, 0.1) is 13.7 Å². The predicted octanol–water partition coefficient (Wildman–Crippen LogP) is 0.712. The van der Waals surface area contributed by atoms with Crippen LogP contribution in [0.2, 0.25) is 0 Å². The third-order valence-corrected chi connectivity index (χ3v) is 1.14. The molecule has 0 aliphatic rings. The Balaban J connectivity index is 3.38. The highest BCUT2D eigenvalue weighted by atomic mass is 16.5. The second kappa shape index (κ2) is 5.70. The number of alkyl carbamates (subject to hydrolysis) is 1. The van der Waals surface area contributed by atoms with Crippen molar-refractivity contribution in [2.24, 2.45) is 0 Å². The van der Waals surface area contributed by atoms with E-state index in [-0.39, 0.29) is 12.3 Å². The van der Waals surface area contributed by atoms with Gasteiger partial charge in [-0.2, -0.15) is 0 Å². The number of rotatable bonds is 4. The molecular formula is C7H13NO3. The molecule has 4 heteroatoms. The van der Waals surface area contributed by atoms with Gasteiger partial charge in [0, 0.05) is 6.42 Å². The Kier molecular flexibility index (Phi) is 5.15. The quantitative estimate of drug-likeness (QED) is 0.657. The predicted molar refractivity (Wildman–Crippen MR) is 40.3 cm³/mol. The van der Waals surface area contributed by atoms with Crippen molar-refractivity contribution in [1.82, 2.24) is 5.32 Å². The lowest BCUT2D eigenvalue weighted by Gasteiger charge is -2.00. The van der Waals surface area contributed by atoms with Crippen molar-refractivity contribution in [2.45, 2.75) is 19.8 Å². The van der Waals surface area contributed by atoms with E-state index in [2.05, 4.69) is 10.1 Å². The molecule has 0 heterocycles. The summed E-state index contributed by atoms with van der Waals surface area (Å²) in [4.78, 5) is 21.2. The number of hydrogen-bond donors (Lipinski definition) is 1. The molecule has 1 N–H and O–H groups in total. The van der Waals surface area contributed by atoms with Crippen LogP contribution >= 0.6 is 0 Å². The van der Waals surface area contributed by atoms with Gasteiger partial charge in [0.15, 0.2) is 5.78 Å². The molecule has 0 saturated carbocycles. The summed E-state index contributed by atoms with van der Waals surface area (Å²) in [6, 6.07) is 0. The minimum Gasteiger partial charge on any atom is -0.453 e.